The van der Waals surface area contributed by atoms with Crippen molar-refractivity contribution in [1.29, 1.82) is 5.41 Å². The fourth-order valence-electron chi connectivity index (χ4n) is 1.51. The van der Waals surface area contributed by atoms with Crippen molar-refractivity contribution in [3.05, 3.63) is 48.2 Å². The molecule has 0 unspecified atom stereocenters. The molecule has 0 atom stereocenters. The maximum atomic E-state index is 7.35. The second-order valence-corrected chi connectivity index (χ2v) is 3.55. The number of amidine groups is 1. The number of rotatable bonds is 3. The fraction of sp³-hybridized carbons (Fsp3) is 0.0769. The zero-order valence-corrected chi connectivity index (χ0v) is 9.47. The standard InChI is InChI=1S/C13H13N3O/c1-17-10-7-5-9(6-8-10)11-3-2-4-12(16-11)13(14)15/h2-8H,1H3,(H3,14,15). The molecular formula is C13H13N3O. The monoisotopic (exact) mass is 227 g/mol. The first kappa shape index (κ1) is 11.1. The van der Waals surface area contributed by atoms with E-state index in [9.17, 15) is 0 Å². The summed E-state index contributed by atoms with van der Waals surface area (Å²) in [6.07, 6.45) is 0. The van der Waals surface area contributed by atoms with Crippen molar-refractivity contribution in [2.45, 2.75) is 0 Å². The zero-order chi connectivity index (χ0) is 12.3. The predicted octanol–water partition coefficient (Wildman–Crippen LogP) is 2.04. The molecule has 0 saturated heterocycles. The number of methoxy groups -OCH3 is 1. The minimum atomic E-state index is -0.0274. The average molecular weight is 227 g/mol. The van der Waals surface area contributed by atoms with Crippen LogP contribution in [-0.4, -0.2) is 17.9 Å². The Balaban J connectivity index is 2.38. The number of nitrogen functional groups attached to an aromatic ring is 1. The summed E-state index contributed by atoms with van der Waals surface area (Å²) in [5, 5.41) is 7.35. The summed E-state index contributed by atoms with van der Waals surface area (Å²) in [5.74, 6) is 0.775. The molecule has 1 heterocycles. The topological polar surface area (TPSA) is 72.0 Å². The van der Waals surface area contributed by atoms with Gasteiger partial charge in [-0.05, 0) is 36.4 Å². The van der Waals surface area contributed by atoms with E-state index in [1.165, 1.54) is 0 Å². The van der Waals surface area contributed by atoms with Crippen LogP contribution in [0.4, 0.5) is 0 Å². The van der Waals surface area contributed by atoms with Gasteiger partial charge in [-0.3, -0.25) is 5.41 Å². The van der Waals surface area contributed by atoms with Crippen molar-refractivity contribution in [3.63, 3.8) is 0 Å². The quantitative estimate of drug-likeness (QED) is 0.622. The maximum absolute atomic E-state index is 7.35. The third kappa shape index (κ3) is 2.42. The molecule has 0 spiro atoms. The zero-order valence-electron chi connectivity index (χ0n) is 9.47. The van der Waals surface area contributed by atoms with Crippen LogP contribution in [0, 0.1) is 5.41 Å². The highest BCUT2D eigenvalue weighted by atomic mass is 16.5. The van der Waals surface area contributed by atoms with E-state index in [4.69, 9.17) is 15.9 Å². The van der Waals surface area contributed by atoms with Crippen LogP contribution in [0.25, 0.3) is 11.3 Å². The first-order valence-corrected chi connectivity index (χ1v) is 5.16. The average Bonchev–Trinajstić information content (AvgIpc) is 2.39. The van der Waals surface area contributed by atoms with Crippen LogP contribution in [-0.2, 0) is 0 Å². The molecule has 0 amide bonds. The van der Waals surface area contributed by atoms with E-state index in [0.29, 0.717) is 5.69 Å². The lowest BCUT2D eigenvalue weighted by atomic mass is 10.1. The van der Waals surface area contributed by atoms with Crippen LogP contribution < -0.4 is 10.5 Å². The fourth-order valence-corrected chi connectivity index (χ4v) is 1.51. The molecule has 0 radical (unpaired) electrons. The number of aromatic nitrogens is 1. The number of nitrogens with one attached hydrogen (secondary N) is 1. The number of benzene rings is 1. The minimum absolute atomic E-state index is 0.0274. The lowest BCUT2D eigenvalue weighted by Gasteiger charge is -2.04. The Morgan fingerprint density at radius 3 is 2.47 bits per heavy atom. The number of nitrogens with zero attached hydrogens (tertiary/aromatic N) is 1. The van der Waals surface area contributed by atoms with Gasteiger partial charge in [-0.1, -0.05) is 6.07 Å². The van der Waals surface area contributed by atoms with Crippen LogP contribution in [0.3, 0.4) is 0 Å². The number of pyridine rings is 1. The maximum Gasteiger partial charge on any atom is 0.141 e. The molecule has 86 valence electrons. The third-order valence-electron chi connectivity index (χ3n) is 2.41. The molecule has 1 aromatic heterocycles. The molecule has 17 heavy (non-hydrogen) atoms. The Bertz CT molecular complexity index is 535. The highest BCUT2D eigenvalue weighted by Gasteiger charge is 2.03. The van der Waals surface area contributed by atoms with Gasteiger partial charge >= 0.3 is 0 Å². The normalized spacial score (nSPS) is 9.94. The van der Waals surface area contributed by atoms with Crippen LogP contribution in [0.2, 0.25) is 0 Å². The van der Waals surface area contributed by atoms with Crippen molar-refractivity contribution >= 4 is 5.84 Å². The van der Waals surface area contributed by atoms with Crippen molar-refractivity contribution in [2.24, 2.45) is 5.73 Å². The van der Waals surface area contributed by atoms with Gasteiger partial charge in [0.05, 0.1) is 12.8 Å². The van der Waals surface area contributed by atoms with E-state index in [1.54, 1.807) is 13.2 Å². The highest BCUT2D eigenvalue weighted by Crippen LogP contribution is 2.20. The third-order valence-corrected chi connectivity index (χ3v) is 2.41. The van der Waals surface area contributed by atoms with E-state index >= 15 is 0 Å². The predicted molar refractivity (Wildman–Crippen MR) is 67.2 cm³/mol. The molecule has 0 aliphatic heterocycles. The molecule has 3 N–H and O–H groups in total. The van der Waals surface area contributed by atoms with Crippen LogP contribution in [0.15, 0.2) is 42.5 Å². The number of hydrogen-bond acceptors (Lipinski definition) is 3. The summed E-state index contributed by atoms with van der Waals surface area (Å²) in [4.78, 5) is 4.31. The molecule has 4 heteroatoms. The van der Waals surface area contributed by atoms with Crippen molar-refractivity contribution < 1.29 is 4.74 Å². The Morgan fingerprint density at radius 2 is 1.88 bits per heavy atom. The molecule has 0 aliphatic carbocycles. The van der Waals surface area contributed by atoms with Crippen molar-refractivity contribution in [3.8, 4) is 17.0 Å². The smallest absolute Gasteiger partial charge is 0.141 e. The van der Waals surface area contributed by atoms with Gasteiger partial charge < -0.3 is 10.5 Å². The summed E-state index contributed by atoms with van der Waals surface area (Å²) in [6, 6.07) is 13.0. The second-order valence-electron chi connectivity index (χ2n) is 3.55. The lowest BCUT2D eigenvalue weighted by molar-refractivity contribution is 0.415. The number of hydrogen-bond donors (Lipinski definition) is 2. The Labute approximate surface area is 99.6 Å². The molecule has 0 bridgehead atoms. The van der Waals surface area contributed by atoms with Gasteiger partial charge in [0.2, 0.25) is 0 Å². The molecule has 4 nitrogen and oxygen atoms in total. The number of ether oxygens (including phenoxy) is 1. The van der Waals surface area contributed by atoms with Gasteiger partial charge in [0.25, 0.3) is 0 Å². The summed E-state index contributed by atoms with van der Waals surface area (Å²) < 4.78 is 5.09. The highest BCUT2D eigenvalue weighted by molar-refractivity contribution is 5.93. The Hall–Kier alpha value is -2.36. The molecular weight excluding hydrogens is 214 g/mol. The van der Waals surface area contributed by atoms with Gasteiger partial charge in [0, 0.05) is 5.56 Å². The molecule has 2 rings (SSSR count). The van der Waals surface area contributed by atoms with E-state index in [2.05, 4.69) is 4.98 Å². The molecule has 0 aliphatic rings. The summed E-state index contributed by atoms with van der Waals surface area (Å²) in [5.41, 5.74) is 7.65. The van der Waals surface area contributed by atoms with E-state index < -0.39 is 0 Å². The SMILES string of the molecule is COc1ccc(-c2cccc(C(=N)N)n2)cc1. The molecule has 0 saturated carbocycles. The summed E-state index contributed by atoms with van der Waals surface area (Å²) in [6.45, 7) is 0. The van der Waals surface area contributed by atoms with Gasteiger partial charge in [-0.2, -0.15) is 0 Å². The van der Waals surface area contributed by atoms with Crippen molar-refractivity contribution in [2.75, 3.05) is 7.11 Å². The second kappa shape index (κ2) is 4.65. The Morgan fingerprint density at radius 1 is 1.18 bits per heavy atom. The summed E-state index contributed by atoms with van der Waals surface area (Å²) >= 11 is 0. The van der Waals surface area contributed by atoms with Gasteiger partial charge in [0.1, 0.15) is 17.3 Å². The Kier molecular flexibility index (Phi) is 3.05. The van der Waals surface area contributed by atoms with Crippen LogP contribution in [0.1, 0.15) is 5.69 Å². The first-order chi connectivity index (χ1) is 8.20. The van der Waals surface area contributed by atoms with Crippen LogP contribution >= 0.6 is 0 Å². The molecule has 1 aromatic carbocycles. The van der Waals surface area contributed by atoms with E-state index in [0.717, 1.165) is 17.0 Å². The van der Waals surface area contributed by atoms with Crippen LogP contribution in [0.5, 0.6) is 5.75 Å². The minimum Gasteiger partial charge on any atom is -0.497 e. The molecule has 2 aromatic rings. The largest absolute Gasteiger partial charge is 0.497 e. The molecule has 0 fully saturated rings. The van der Waals surface area contributed by atoms with Gasteiger partial charge in [-0.15, -0.1) is 0 Å². The number of nitrogens with two attached hydrogens (primary N) is 1. The summed E-state index contributed by atoms with van der Waals surface area (Å²) in [7, 11) is 1.63. The first-order valence-electron chi connectivity index (χ1n) is 5.16. The van der Waals surface area contributed by atoms with E-state index in [1.807, 2.05) is 36.4 Å². The van der Waals surface area contributed by atoms with E-state index in [-0.39, 0.29) is 5.84 Å². The van der Waals surface area contributed by atoms with Gasteiger partial charge in [-0.25, -0.2) is 4.98 Å². The van der Waals surface area contributed by atoms with Gasteiger partial charge in [0.15, 0.2) is 0 Å². The lowest BCUT2D eigenvalue weighted by Crippen LogP contribution is -2.13. The van der Waals surface area contributed by atoms with Crippen molar-refractivity contribution in [1.82, 2.24) is 4.98 Å².